The van der Waals surface area contributed by atoms with E-state index in [2.05, 4.69) is 5.32 Å². The van der Waals surface area contributed by atoms with Crippen molar-refractivity contribution in [3.05, 3.63) is 29.3 Å². The summed E-state index contributed by atoms with van der Waals surface area (Å²) in [6.07, 6.45) is 4.49. The molecule has 0 aliphatic rings. The highest BCUT2D eigenvalue weighted by Gasteiger charge is 2.00. The first kappa shape index (κ1) is 18.9. The van der Waals surface area contributed by atoms with Crippen LogP contribution in [0.2, 0.25) is 0 Å². The summed E-state index contributed by atoms with van der Waals surface area (Å²) in [5.41, 5.74) is 2.60. The lowest BCUT2D eigenvalue weighted by Gasteiger charge is -2.10. The van der Waals surface area contributed by atoms with E-state index in [1.54, 1.807) is 7.11 Å². The van der Waals surface area contributed by atoms with Gasteiger partial charge in [-0.25, -0.2) is 0 Å². The zero-order chi connectivity index (χ0) is 16.0. The van der Waals surface area contributed by atoms with E-state index in [0.717, 1.165) is 55.6 Å². The fourth-order valence-electron chi connectivity index (χ4n) is 2.21. The normalized spacial score (nSPS) is 10.9. The second-order valence-corrected chi connectivity index (χ2v) is 5.30. The molecule has 1 aromatic carbocycles. The van der Waals surface area contributed by atoms with Gasteiger partial charge in [0.1, 0.15) is 0 Å². The summed E-state index contributed by atoms with van der Waals surface area (Å²) >= 11 is 0. The summed E-state index contributed by atoms with van der Waals surface area (Å²) < 4.78 is 10.3. The molecule has 1 aromatic rings. The summed E-state index contributed by atoms with van der Waals surface area (Å²) in [4.78, 5) is 0. The molecule has 0 aliphatic carbocycles. The minimum Gasteiger partial charge on any atom is -0.392 e. The summed E-state index contributed by atoms with van der Waals surface area (Å²) in [5.74, 6) is 0. The Hall–Kier alpha value is -1.14. The number of methoxy groups -OCH3 is 1. The standard InChI is InChI=1S/C17H29NO4/c1-21-8-9-22-7-5-3-2-4-6-18-17-11-15(13-19)10-16(12-17)14-20/h10-12,18-20H,2-9,13-14H2,1H3. The van der Waals surface area contributed by atoms with E-state index >= 15 is 0 Å². The fraction of sp³-hybridized carbons (Fsp3) is 0.647. The Labute approximate surface area is 133 Å². The summed E-state index contributed by atoms with van der Waals surface area (Å²) in [6.45, 7) is 3.01. The molecule has 5 nitrogen and oxygen atoms in total. The van der Waals surface area contributed by atoms with Crippen molar-refractivity contribution in [1.29, 1.82) is 0 Å². The minimum atomic E-state index is -0.00834. The molecular formula is C17H29NO4. The van der Waals surface area contributed by atoms with Gasteiger partial charge >= 0.3 is 0 Å². The Morgan fingerprint density at radius 2 is 1.55 bits per heavy atom. The monoisotopic (exact) mass is 311 g/mol. The lowest BCUT2D eigenvalue weighted by atomic mass is 10.1. The van der Waals surface area contributed by atoms with Gasteiger partial charge in [-0.2, -0.15) is 0 Å². The molecule has 0 saturated heterocycles. The van der Waals surface area contributed by atoms with Crippen molar-refractivity contribution >= 4 is 5.69 Å². The molecule has 0 spiro atoms. The first-order chi connectivity index (χ1) is 10.8. The largest absolute Gasteiger partial charge is 0.392 e. The van der Waals surface area contributed by atoms with Gasteiger partial charge in [0, 0.05) is 25.9 Å². The Balaban J connectivity index is 2.09. The van der Waals surface area contributed by atoms with E-state index in [4.69, 9.17) is 9.47 Å². The predicted molar refractivity (Wildman–Crippen MR) is 87.9 cm³/mol. The molecule has 0 heterocycles. The molecule has 0 bridgehead atoms. The van der Waals surface area contributed by atoms with Crippen LogP contribution < -0.4 is 5.32 Å². The summed E-state index contributed by atoms with van der Waals surface area (Å²) in [6, 6.07) is 5.65. The van der Waals surface area contributed by atoms with Gasteiger partial charge in [0.25, 0.3) is 0 Å². The number of aliphatic hydroxyl groups is 2. The Bertz CT molecular complexity index is 376. The zero-order valence-corrected chi connectivity index (χ0v) is 13.5. The molecular weight excluding hydrogens is 282 g/mol. The molecule has 0 aromatic heterocycles. The third kappa shape index (κ3) is 8.34. The second-order valence-electron chi connectivity index (χ2n) is 5.30. The lowest BCUT2D eigenvalue weighted by molar-refractivity contribution is 0.0686. The number of rotatable bonds is 13. The van der Waals surface area contributed by atoms with Gasteiger partial charge in [-0.05, 0) is 36.1 Å². The Morgan fingerprint density at radius 3 is 2.18 bits per heavy atom. The van der Waals surface area contributed by atoms with Crippen LogP contribution in [-0.2, 0) is 22.7 Å². The molecule has 126 valence electrons. The van der Waals surface area contributed by atoms with Gasteiger partial charge < -0.3 is 25.0 Å². The third-order valence-electron chi connectivity index (χ3n) is 3.39. The quantitative estimate of drug-likeness (QED) is 0.488. The van der Waals surface area contributed by atoms with Crippen molar-refractivity contribution in [3.8, 4) is 0 Å². The van der Waals surface area contributed by atoms with Crippen molar-refractivity contribution in [2.75, 3.05) is 38.8 Å². The minimum absolute atomic E-state index is 0.00834. The first-order valence-electron chi connectivity index (χ1n) is 7.95. The molecule has 3 N–H and O–H groups in total. The predicted octanol–water partition coefficient (Wildman–Crippen LogP) is 2.31. The van der Waals surface area contributed by atoms with Crippen LogP contribution >= 0.6 is 0 Å². The van der Waals surface area contributed by atoms with Crippen molar-refractivity contribution < 1.29 is 19.7 Å². The molecule has 0 unspecified atom stereocenters. The molecule has 0 aliphatic heterocycles. The number of hydrogen-bond donors (Lipinski definition) is 3. The van der Waals surface area contributed by atoms with Crippen LogP contribution in [0.1, 0.15) is 36.8 Å². The van der Waals surface area contributed by atoms with Crippen molar-refractivity contribution in [2.45, 2.75) is 38.9 Å². The van der Waals surface area contributed by atoms with E-state index in [9.17, 15) is 10.2 Å². The summed E-state index contributed by atoms with van der Waals surface area (Å²) in [5, 5.41) is 21.7. The smallest absolute Gasteiger partial charge is 0.0700 e. The van der Waals surface area contributed by atoms with E-state index in [-0.39, 0.29) is 13.2 Å². The topological polar surface area (TPSA) is 71.0 Å². The highest BCUT2D eigenvalue weighted by atomic mass is 16.5. The number of unbranched alkanes of at least 4 members (excludes halogenated alkanes) is 3. The maximum atomic E-state index is 9.20. The molecule has 1 rings (SSSR count). The number of aliphatic hydroxyl groups excluding tert-OH is 2. The van der Waals surface area contributed by atoms with Gasteiger partial charge in [-0.3, -0.25) is 0 Å². The highest BCUT2D eigenvalue weighted by Crippen LogP contribution is 2.15. The molecule has 5 heteroatoms. The molecule has 0 saturated carbocycles. The van der Waals surface area contributed by atoms with Gasteiger partial charge in [0.2, 0.25) is 0 Å². The highest BCUT2D eigenvalue weighted by molar-refractivity contribution is 5.48. The van der Waals surface area contributed by atoms with Crippen LogP contribution in [0.5, 0.6) is 0 Å². The lowest BCUT2D eigenvalue weighted by Crippen LogP contribution is -2.04. The molecule has 0 fully saturated rings. The average Bonchev–Trinajstić information content (AvgIpc) is 2.56. The zero-order valence-electron chi connectivity index (χ0n) is 13.5. The Kier molecular flexibility index (Phi) is 10.7. The van der Waals surface area contributed by atoms with Crippen LogP contribution in [0.4, 0.5) is 5.69 Å². The van der Waals surface area contributed by atoms with Crippen LogP contribution in [0, 0.1) is 0 Å². The maximum Gasteiger partial charge on any atom is 0.0700 e. The number of nitrogens with one attached hydrogen (secondary N) is 1. The van der Waals surface area contributed by atoms with E-state index < -0.39 is 0 Å². The molecule has 0 atom stereocenters. The maximum absolute atomic E-state index is 9.20. The number of anilines is 1. The van der Waals surface area contributed by atoms with Crippen LogP contribution in [0.25, 0.3) is 0 Å². The van der Waals surface area contributed by atoms with E-state index in [0.29, 0.717) is 13.2 Å². The first-order valence-corrected chi connectivity index (χ1v) is 7.95. The van der Waals surface area contributed by atoms with E-state index in [1.165, 1.54) is 0 Å². The summed E-state index contributed by atoms with van der Waals surface area (Å²) in [7, 11) is 1.68. The molecule has 0 amide bonds. The fourth-order valence-corrected chi connectivity index (χ4v) is 2.21. The second kappa shape index (κ2) is 12.4. The average molecular weight is 311 g/mol. The van der Waals surface area contributed by atoms with Gasteiger partial charge in [0.05, 0.1) is 26.4 Å². The van der Waals surface area contributed by atoms with Gasteiger partial charge in [-0.1, -0.05) is 18.9 Å². The van der Waals surface area contributed by atoms with Crippen molar-refractivity contribution in [1.82, 2.24) is 0 Å². The molecule has 22 heavy (non-hydrogen) atoms. The van der Waals surface area contributed by atoms with Crippen molar-refractivity contribution in [2.24, 2.45) is 0 Å². The SMILES string of the molecule is COCCOCCCCCCNc1cc(CO)cc(CO)c1. The number of hydrogen-bond acceptors (Lipinski definition) is 5. The number of benzene rings is 1. The van der Waals surface area contributed by atoms with Crippen LogP contribution in [-0.4, -0.2) is 43.7 Å². The Morgan fingerprint density at radius 1 is 0.864 bits per heavy atom. The van der Waals surface area contributed by atoms with Gasteiger partial charge in [-0.15, -0.1) is 0 Å². The van der Waals surface area contributed by atoms with Gasteiger partial charge in [0.15, 0.2) is 0 Å². The van der Waals surface area contributed by atoms with Crippen molar-refractivity contribution in [3.63, 3.8) is 0 Å². The van der Waals surface area contributed by atoms with Crippen LogP contribution in [0.3, 0.4) is 0 Å². The molecule has 0 radical (unpaired) electrons. The third-order valence-corrected chi connectivity index (χ3v) is 3.39. The van der Waals surface area contributed by atoms with E-state index in [1.807, 2.05) is 18.2 Å². The van der Waals surface area contributed by atoms with Crippen LogP contribution in [0.15, 0.2) is 18.2 Å². The number of ether oxygens (including phenoxy) is 2.